The highest BCUT2D eigenvalue weighted by Gasteiger charge is 2.47. The Morgan fingerprint density at radius 1 is 1.14 bits per heavy atom. The molecule has 36 heavy (non-hydrogen) atoms. The number of hydrogen-bond donors (Lipinski definition) is 1. The van der Waals surface area contributed by atoms with Crippen molar-refractivity contribution in [1.82, 2.24) is 5.32 Å². The van der Waals surface area contributed by atoms with Crippen LogP contribution in [-0.4, -0.2) is 50.8 Å². The van der Waals surface area contributed by atoms with Crippen LogP contribution in [0.3, 0.4) is 0 Å². The first-order valence-electron chi connectivity index (χ1n) is 12.5. The van der Waals surface area contributed by atoms with Crippen LogP contribution in [-0.2, 0) is 28.6 Å². The van der Waals surface area contributed by atoms with Crippen molar-refractivity contribution in [2.45, 2.75) is 59.5 Å². The van der Waals surface area contributed by atoms with Crippen LogP contribution >= 0.6 is 0 Å². The van der Waals surface area contributed by atoms with Crippen LogP contribution in [0, 0.1) is 11.8 Å². The van der Waals surface area contributed by atoms with Gasteiger partial charge in [0, 0.05) is 29.1 Å². The summed E-state index contributed by atoms with van der Waals surface area (Å²) in [5.41, 5.74) is 2.67. The van der Waals surface area contributed by atoms with Crippen molar-refractivity contribution in [2.24, 2.45) is 11.8 Å². The molecule has 3 rings (SSSR count). The molecule has 8 nitrogen and oxygen atoms in total. The number of carbonyl (C=O) groups excluding carboxylic acids is 3. The topological polar surface area (TPSA) is 100 Å². The number of hydrogen-bond acceptors (Lipinski definition) is 8. The molecule has 0 saturated heterocycles. The maximum atomic E-state index is 13.9. The third kappa shape index (κ3) is 5.81. The number of allylic oxidation sites excluding steroid dienone is 3. The van der Waals surface area contributed by atoms with E-state index in [1.807, 2.05) is 52.0 Å². The number of esters is 2. The molecule has 1 aromatic rings. The van der Waals surface area contributed by atoms with Crippen LogP contribution in [0.5, 0.6) is 5.75 Å². The van der Waals surface area contributed by atoms with E-state index in [1.54, 1.807) is 6.92 Å². The minimum absolute atomic E-state index is 0.0914. The lowest BCUT2D eigenvalue weighted by molar-refractivity contribution is -0.151. The fourth-order valence-electron chi connectivity index (χ4n) is 4.86. The van der Waals surface area contributed by atoms with Crippen LogP contribution in [0.15, 0.2) is 46.8 Å². The van der Waals surface area contributed by atoms with Gasteiger partial charge >= 0.3 is 11.9 Å². The Balaban J connectivity index is 2.10. The Kier molecular flexibility index (Phi) is 9.31. The first kappa shape index (κ1) is 27.5. The Morgan fingerprint density at radius 2 is 1.86 bits per heavy atom. The van der Waals surface area contributed by atoms with E-state index in [4.69, 9.17) is 18.9 Å². The summed E-state index contributed by atoms with van der Waals surface area (Å²) >= 11 is 0. The fourth-order valence-corrected chi connectivity index (χ4v) is 4.86. The molecule has 1 aliphatic carbocycles. The van der Waals surface area contributed by atoms with E-state index in [0.717, 1.165) is 6.42 Å². The molecule has 0 fully saturated rings. The molecule has 1 heterocycles. The van der Waals surface area contributed by atoms with Crippen molar-refractivity contribution in [3.63, 3.8) is 0 Å². The highest BCUT2D eigenvalue weighted by atomic mass is 16.6. The molecule has 0 radical (unpaired) electrons. The van der Waals surface area contributed by atoms with Gasteiger partial charge < -0.3 is 24.3 Å². The van der Waals surface area contributed by atoms with Gasteiger partial charge in [0.2, 0.25) is 0 Å². The molecule has 0 bridgehead atoms. The maximum Gasteiger partial charge on any atom is 0.336 e. The summed E-state index contributed by atoms with van der Waals surface area (Å²) in [6, 6.07) is 7.36. The van der Waals surface area contributed by atoms with Crippen molar-refractivity contribution >= 4 is 17.7 Å². The van der Waals surface area contributed by atoms with Crippen LogP contribution in [0.1, 0.15) is 58.9 Å². The van der Waals surface area contributed by atoms with Crippen molar-refractivity contribution < 1.29 is 33.3 Å². The third-order valence-electron chi connectivity index (χ3n) is 6.36. The second-order valence-corrected chi connectivity index (χ2v) is 9.49. The van der Waals surface area contributed by atoms with Gasteiger partial charge in [-0.15, -0.1) is 0 Å². The Bertz CT molecular complexity index is 1060. The van der Waals surface area contributed by atoms with Crippen molar-refractivity contribution in [3.05, 3.63) is 52.4 Å². The molecule has 0 aromatic heterocycles. The van der Waals surface area contributed by atoms with E-state index in [0.29, 0.717) is 46.9 Å². The summed E-state index contributed by atoms with van der Waals surface area (Å²) in [6.07, 6.45) is 1.22. The Labute approximate surface area is 213 Å². The first-order valence-corrected chi connectivity index (χ1v) is 12.5. The van der Waals surface area contributed by atoms with Crippen molar-refractivity contribution in [2.75, 3.05) is 26.9 Å². The molecule has 3 atom stereocenters. The van der Waals surface area contributed by atoms with Crippen LogP contribution in [0.25, 0.3) is 0 Å². The second kappa shape index (κ2) is 12.2. The third-order valence-corrected chi connectivity index (χ3v) is 6.36. The van der Waals surface area contributed by atoms with E-state index >= 15 is 0 Å². The van der Waals surface area contributed by atoms with Crippen molar-refractivity contribution in [3.8, 4) is 5.75 Å². The zero-order chi connectivity index (χ0) is 26.4. The number of para-hydroxylation sites is 1. The lowest BCUT2D eigenvalue weighted by atomic mass is 9.69. The van der Waals surface area contributed by atoms with Crippen LogP contribution in [0.2, 0.25) is 0 Å². The number of ketones is 1. The Morgan fingerprint density at radius 3 is 2.53 bits per heavy atom. The summed E-state index contributed by atoms with van der Waals surface area (Å²) in [6.45, 7) is 10.4. The van der Waals surface area contributed by atoms with Crippen LogP contribution in [0.4, 0.5) is 0 Å². The van der Waals surface area contributed by atoms with E-state index < -0.39 is 23.8 Å². The Hall–Kier alpha value is -3.13. The molecule has 1 N–H and O–H groups in total. The number of dihydropyridines is 1. The number of carbonyl (C=O) groups is 3. The van der Waals surface area contributed by atoms with Gasteiger partial charge in [-0.05, 0) is 45.6 Å². The highest BCUT2D eigenvalue weighted by Crippen LogP contribution is 2.47. The summed E-state index contributed by atoms with van der Waals surface area (Å²) in [7, 11) is 1.28. The number of methoxy groups -OCH3 is 1. The van der Waals surface area contributed by atoms with E-state index in [-0.39, 0.29) is 31.0 Å². The zero-order valence-corrected chi connectivity index (χ0v) is 22.0. The quantitative estimate of drug-likeness (QED) is 0.292. The lowest BCUT2D eigenvalue weighted by Crippen LogP contribution is -2.43. The average Bonchev–Trinajstić information content (AvgIpc) is 2.82. The minimum Gasteiger partial charge on any atom is -0.491 e. The van der Waals surface area contributed by atoms with E-state index in [2.05, 4.69) is 5.32 Å². The summed E-state index contributed by atoms with van der Waals surface area (Å²) in [5.74, 6) is -2.86. The van der Waals surface area contributed by atoms with Gasteiger partial charge in [0.15, 0.2) is 5.78 Å². The summed E-state index contributed by atoms with van der Waals surface area (Å²) in [5, 5.41) is 3.27. The summed E-state index contributed by atoms with van der Waals surface area (Å²) < 4.78 is 22.1. The molecule has 0 amide bonds. The van der Waals surface area contributed by atoms with Crippen LogP contribution < -0.4 is 10.1 Å². The SMILES string of the molecule is CCCOCCOC(=O)C1=C(C)NC2=C(C(=O)[C@@H](C(=O)OC)[C@H](C)C2)[C@H]1c1ccccc1OC(C)C. The van der Waals surface area contributed by atoms with E-state index in [9.17, 15) is 14.4 Å². The van der Waals surface area contributed by atoms with Gasteiger partial charge in [0.05, 0.1) is 31.3 Å². The largest absolute Gasteiger partial charge is 0.491 e. The van der Waals surface area contributed by atoms with Gasteiger partial charge in [-0.25, -0.2) is 4.79 Å². The predicted molar refractivity (Wildman–Crippen MR) is 134 cm³/mol. The second-order valence-electron chi connectivity index (χ2n) is 9.49. The number of nitrogens with one attached hydrogen (secondary N) is 1. The monoisotopic (exact) mass is 499 g/mol. The number of Topliss-reactive ketones (excluding diaryl/α,β-unsaturated/α-hetero) is 1. The van der Waals surface area contributed by atoms with E-state index in [1.165, 1.54) is 7.11 Å². The minimum atomic E-state index is -0.950. The molecule has 8 heteroatoms. The zero-order valence-electron chi connectivity index (χ0n) is 22.0. The molecule has 0 spiro atoms. The average molecular weight is 500 g/mol. The predicted octanol–water partition coefficient (Wildman–Crippen LogP) is 4.06. The fraction of sp³-hybridized carbons (Fsp3) is 0.536. The standard InChI is InChI=1S/C28H37NO7/c1-7-12-34-13-14-35-28(32)23-18(5)29-20-15-17(4)22(27(31)33-6)26(30)25(20)24(23)19-10-8-9-11-21(19)36-16(2)3/h8-11,16-17,22,24,29H,7,12-15H2,1-6H3/t17-,22+,24+/m1/s1. The number of rotatable bonds is 10. The summed E-state index contributed by atoms with van der Waals surface area (Å²) in [4.78, 5) is 39.9. The van der Waals surface area contributed by atoms with Gasteiger partial charge in [0.25, 0.3) is 0 Å². The van der Waals surface area contributed by atoms with Gasteiger partial charge in [-0.1, -0.05) is 32.0 Å². The van der Waals surface area contributed by atoms with Crippen molar-refractivity contribution in [1.29, 1.82) is 0 Å². The molecular weight excluding hydrogens is 462 g/mol. The van der Waals surface area contributed by atoms with Gasteiger partial charge in [0.1, 0.15) is 18.3 Å². The molecular formula is C28H37NO7. The molecule has 196 valence electrons. The molecule has 0 saturated carbocycles. The normalized spacial score (nSPS) is 21.8. The molecule has 2 aliphatic rings. The van der Waals surface area contributed by atoms with Gasteiger partial charge in [-0.3, -0.25) is 9.59 Å². The molecule has 0 unspecified atom stereocenters. The lowest BCUT2D eigenvalue weighted by Gasteiger charge is -2.38. The van der Waals surface area contributed by atoms with Gasteiger partial charge in [-0.2, -0.15) is 0 Å². The highest BCUT2D eigenvalue weighted by molar-refractivity contribution is 6.12. The smallest absolute Gasteiger partial charge is 0.336 e. The first-order chi connectivity index (χ1) is 17.2. The number of benzene rings is 1. The molecule has 1 aliphatic heterocycles. The maximum absolute atomic E-state index is 13.9. The number of ether oxygens (including phenoxy) is 4. The molecule has 1 aromatic carbocycles.